The summed E-state index contributed by atoms with van der Waals surface area (Å²) >= 11 is 6.25. The Hall–Kier alpha value is -6.86. The Bertz CT molecular complexity index is 2580. The van der Waals surface area contributed by atoms with Crippen molar-refractivity contribution in [1.29, 1.82) is 10.5 Å². The highest BCUT2D eigenvalue weighted by Gasteiger charge is 2.37. The molecule has 13 heteroatoms. The van der Waals surface area contributed by atoms with E-state index < -0.39 is 5.60 Å². The summed E-state index contributed by atoms with van der Waals surface area (Å²) in [6.45, 7) is 4.51. The lowest BCUT2D eigenvalue weighted by molar-refractivity contribution is -0.137. The number of piperidine rings is 2. The molecule has 4 aromatic carbocycles. The van der Waals surface area contributed by atoms with E-state index in [-0.39, 0.29) is 23.6 Å². The number of pyridine rings is 1. The first-order valence-electron chi connectivity index (χ1n) is 22.2. The minimum absolute atomic E-state index is 0.0415. The smallest absolute Gasteiger partial charge is 0.256 e. The molecule has 5 aromatic rings. The van der Waals surface area contributed by atoms with Crippen LogP contribution in [-0.4, -0.2) is 75.3 Å². The van der Waals surface area contributed by atoms with Crippen LogP contribution in [0, 0.1) is 29.6 Å². The summed E-state index contributed by atoms with van der Waals surface area (Å²) in [5.74, 6) is -0.0714. The Morgan fingerprint density at radius 1 is 0.646 bits per heavy atom. The molecule has 3 aliphatic rings. The second kappa shape index (κ2) is 21.2. The minimum atomic E-state index is -1.32. The Morgan fingerprint density at radius 3 is 1.62 bits per heavy atom. The number of hydrogen-bond acceptors (Lipinski definition) is 8. The first-order chi connectivity index (χ1) is 31.4. The van der Waals surface area contributed by atoms with E-state index in [4.69, 9.17) is 22.1 Å². The number of hydrogen-bond donors (Lipinski definition) is 3. The molecule has 2 aliphatic heterocycles. The zero-order valence-electron chi connectivity index (χ0n) is 36.4. The zero-order valence-corrected chi connectivity index (χ0v) is 37.2. The quantitative estimate of drug-likeness (QED) is 0.138. The van der Waals surface area contributed by atoms with Crippen molar-refractivity contribution in [3.8, 4) is 12.1 Å². The molecule has 3 N–H and O–H groups in total. The second-order valence-corrected chi connectivity index (χ2v) is 17.5. The van der Waals surface area contributed by atoms with Crippen molar-refractivity contribution in [3.05, 3.63) is 159 Å². The van der Waals surface area contributed by atoms with Gasteiger partial charge in [0.25, 0.3) is 23.6 Å². The molecule has 0 radical (unpaired) electrons. The lowest BCUT2D eigenvalue weighted by Crippen LogP contribution is -2.44. The van der Waals surface area contributed by atoms with Gasteiger partial charge in [0.15, 0.2) is 0 Å². The average Bonchev–Trinajstić information content (AvgIpc) is 3.35. The number of carbonyl (C=O) groups is 4. The number of anilines is 2. The first-order valence-corrected chi connectivity index (χ1v) is 22.6. The molecule has 332 valence electrons. The first kappa shape index (κ1) is 46.1. The summed E-state index contributed by atoms with van der Waals surface area (Å²) in [6.07, 6.45) is 10.2. The number of likely N-dealkylation sites (tertiary alicyclic amines) is 2. The number of amides is 4. The molecule has 65 heavy (non-hydrogen) atoms. The van der Waals surface area contributed by atoms with Crippen LogP contribution in [0.5, 0.6) is 0 Å². The number of halogens is 1. The van der Waals surface area contributed by atoms with Crippen molar-refractivity contribution < 1.29 is 24.3 Å². The van der Waals surface area contributed by atoms with E-state index in [2.05, 4.69) is 27.8 Å². The van der Waals surface area contributed by atoms with E-state index in [0.29, 0.717) is 95.1 Å². The maximum atomic E-state index is 13.2. The van der Waals surface area contributed by atoms with Crippen LogP contribution in [0.2, 0.25) is 5.02 Å². The molecular weight excluding hydrogens is 838 g/mol. The van der Waals surface area contributed by atoms with E-state index in [0.717, 1.165) is 50.5 Å². The number of nitrogens with zero attached hydrogens (tertiary/aromatic N) is 5. The molecular formula is C52H52ClN7O5. The standard InChI is InChI=1S/C27H31N3O3.C25H21ClN4O2/c1-19-5-8-23(17-24(19)29-26(32)27(33)13-3-2-4-14-27)25(31)30-15-11-22(12-16-30)21-9-6-20(18-28)7-10-21;26-22-6-5-21(15-23(22)29-24(31)20-7-11-28-12-8-20)25(32)30-13-9-19(10-14-30)18-3-1-17(16-27)2-4-18/h5-10,17,22,33H,2-4,11-16H2,1H3,(H,29,32);1-8,11-12,15,19H,9-10,13-14H2,(H,29,31). The fourth-order valence-electron chi connectivity index (χ4n) is 8.80. The zero-order chi connectivity index (χ0) is 45.9. The maximum absolute atomic E-state index is 13.2. The fraction of sp³-hybridized carbons (Fsp3) is 0.327. The molecule has 0 atom stereocenters. The topological polar surface area (TPSA) is 180 Å². The Balaban J connectivity index is 0.000000194. The Labute approximate surface area is 384 Å². The molecule has 0 bridgehead atoms. The van der Waals surface area contributed by atoms with E-state index in [1.165, 1.54) is 23.5 Å². The number of nitriles is 2. The summed E-state index contributed by atoms with van der Waals surface area (Å²) in [6, 6.07) is 33.2. The number of aromatic nitrogens is 1. The fourth-order valence-corrected chi connectivity index (χ4v) is 8.97. The summed E-state index contributed by atoms with van der Waals surface area (Å²) in [5, 5.41) is 34.7. The normalized spacial score (nSPS) is 16.2. The third-order valence-electron chi connectivity index (χ3n) is 12.8. The molecule has 8 rings (SSSR count). The lowest BCUT2D eigenvalue weighted by Gasteiger charge is -2.32. The van der Waals surface area contributed by atoms with Gasteiger partial charge in [-0.25, -0.2) is 0 Å². The monoisotopic (exact) mass is 889 g/mol. The predicted octanol–water partition coefficient (Wildman–Crippen LogP) is 9.40. The van der Waals surface area contributed by atoms with Crippen molar-refractivity contribution in [3.63, 3.8) is 0 Å². The van der Waals surface area contributed by atoms with Gasteiger partial charge in [0.1, 0.15) is 5.60 Å². The van der Waals surface area contributed by atoms with Crippen LogP contribution in [0.4, 0.5) is 11.4 Å². The third kappa shape index (κ3) is 11.5. The number of nitrogens with one attached hydrogen (secondary N) is 2. The molecule has 1 saturated carbocycles. The summed E-state index contributed by atoms with van der Waals surface area (Å²) in [5.41, 5.74) is 5.71. The SMILES string of the molecule is Cc1ccc(C(=O)N2CCC(c3ccc(C#N)cc3)CC2)cc1NC(=O)C1(O)CCCCC1.N#Cc1ccc(C2CCN(C(=O)c3ccc(Cl)c(NC(=O)c4ccncc4)c3)CC2)cc1. The lowest BCUT2D eigenvalue weighted by atomic mass is 9.84. The second-order valence-electron chi connectivity index (χ2n) is 17.1. The third-order valence-corrected chi connectivity index (χ3v) is 13.2. The highest BCUT2D eigenvalue weighted by atomic mass is 35.5. The van der Waals surface area contributed by atoms with Gasteiger partial charge in [0, 0.05) is 61.0 Å². The molecule has 12 nitrogen and oxygen atoms in total. The minimum Gasteiger partial charge on any atom is -0.380 e. The molecule has 1 aliphatic carbocycles. The van der Waals surface area contributed by atoms with E-state index >= 15 is 0 Å². The van der Waals surface area contributed by atoms with Crippen molar-refractivity contribution in [2.24, 2.45) is 0 Å². The average molecular weight is 890 g/mol. The Kier molecular flexibility index (Phi) is 15.1. The van der Waals surface area contributed by atoms with Gasteiger partial charge >= 0.3 is 0 Å². The highest BCUT2D eigenvalue weighted by Crippen LogP contribution is 2.33. The van der Waals surface area contributed by atoms with Gasteiger partial charge in [0.05, 0.1) is 34.0 Å². The number of aliphatic hydroxyl groups is 1. The van der Waals surface area contributed by atoms with Crippen LogP contribution in [0.15, 0.2) is 109 Å². The van der Waals surface area contributed by atoms with Crippen LogP contribution in [-0.2, 0) is 4.79 Å². The van der Waals surface area contributed by atoms with Crippen molar-refractivity contribution >= 4 is 46.6 Å². The summed E-state index contributed by atoms with van der Waals surface area (Å²) in [7, 11) is 0. The van der Waals surface area contributed by atoms with E-state index in [1.54, 1.807) is 42.5 Å². The van der Waals surface area contributed by atoms with Gasteiger partial charge in [-0.05, 0) is 141 Å². The van der Waals surface area contributed by atoms with Crippen molar-refractivity contribution in [2.45, 2.75) is 82.1 Å². The van der Waals surface area contributed by atoms with Gasteiger partial charge in [0.2, 0.25) is 0 Å². The maximum Gasteiger partial charge on any atom is 0.256 e. The van der Waals surface area contributed by atoms with Crippen LogP contribution in [0.25, 0.3) is 0 Å². The molecule has 2 saturated heterocycles. The predicted molar refractivity (Wildman–Crippen MR) is 250 cm³/mol. The van der Waals surface area contributed by atoms with Crippen LogP contribution in [0.3, 0.4) is 0 Å². The van der Waals surface area contributed by atoms with Crippen LogP contribution < -0.4 is 10.6 Å². The molecule has 0 unspecified atom stereocenters. The largest absolute Gasteiger partial charge is 0.380 e. The number of carbonyl (C=O) groups excluding carboxylic acids is 4. The highest BCUT2D eigenvalue weighted by molar-refractivity contribution is 6.34. The summed E-state index contributed by atoms with van der Waals surface area (Å²) in [4.78, 5) is 59.1. The van der Waals surface area contributed by atoms with Crippen LogP contribution >= 0.6 is 11.6 Å². The van der Waals surface area contributed by atoms with E-state index in [1.807, 2.05) is 71.3 Å². The number of rotatable bonds is 8. The van der Waals surface area contributed by atoms with Crippen molar-refractivity contribution in [1.82, 2.24) is 14.8 Å². The molecule has 3 heterocycles. The van der Waals surface area contributed by atoms with Gasteiger partial charge < -0.3 is 25.5 Å². The number of benzene rings is 4. The Morgan fingerprint density at radius 2 is 1.12 bits per heavy atom. The number of aryl methyl sites for hydroxylation is 1. The van der Waals surface area contributed by atoms with E-state index in [9.17, 15) is 24.3 Å². The molecule has 4 amide bonds. The molecule has 0 spiro atoms. The van der Waals surface area contributed by atoms with Gasteiger partial charge in [-0.1, -0.05) is 61.2 Å². The van der Waals surface area contributed by atoms with Gasteiger partial charge in [-0.3, -0.25) is 24.2 Å². The van der Waals surface area contributed by atoms with Crippen LogP contribution in [0.1, 0.15) is 129 Å². The molecule has 3 fully saturated rings. The summed E-state index contributed by atoms with van der Waals surface area (Å²) < 4.78 is 0. The van der Waals surface area contributed by atoms with Gasteiger partial charge in [-0.15, -0.1) is 0 Å². The van der Waals surface area contributed by atoms with Gasteiger partial charge in [-0.2, -0.15) is 10.5 Å². The van der Waals surface area contributed by atoms with Crippen molar-refractivity contribution in [2.75, 3.05) is 36.8 Å². The molecule has 1 aromatic heterocycles.